The number of hydrogen-bond donors (Lipinski definition) is 2. The van der Waals surface area contributed by atoms with Crippen molar-refractivity contribution in [3.05, 3.63) is 64.7 Å². The van der Waals surface area contributed by atoms with Crippen molar-refractivity contribution in [3.63, 3.8) is 0 Å². The first kappa shape index (κ1) is 11.5. The van der Waals surface area contributed by atoms with E-state index in [1.807, 2.05) is 24.3 Å². The van der Waals surface area contributed by atoms with Gasteiger partial charge in [-0.15, -0.1) is 0 Å². The molecule has 4 rings (SSSR count). The van der Waals surface area contributed by atoms with Gasteiger partial charge < -0.3 is 10.6 Å². The van der Waals surface area contributed by atoms with Crippen LogP contribution in [0.2, 0.25) is 0 Å². The quantitative estimate of drug-likeness (QED) is 0.831. The van der Waals surface area contributed by atoms with Crippen molar-refractivity contribution in [2.45, 2.75) is 25.4 Å². The van der Waals surface area contributed by atoms with Gasteiger partial charge in [0.25, 0.3) is 5.91 Å². The number of fused-ring (bicyclic) bond motifs is 2. The van der Waals surface area contributed by atoms with E-state index in [1.54, 1.807) is 0 Å². The van der Waals surface area contributed by atoms with Crippen LogP contribution >= 0.6 is 0 Å². The lowest BCUT2D eigenvalue weighted by molar-refractivity contribution is 0.0935. The minimum Gasteiger partial charge on any atom is -0.361 e. The summed E-state index contributed by atoms with van der Waals surface area (Å²) >= 11 is 0. The van der Waals surface area contributed by atoms with E-state index in [1.165, 1.54) is 24.0 Å². The molecule has 3 nitrogen and oxygen atoms in total. The third-order valence-electron chi connectivity index (χ3n) is 4.20. The fourth-order valence-corrected chi connectivity index (χ4v) is 3.15. The number of anilines is 1. The number of nitrogens with one attached hydrogen (secondary N) is 2. The van der Waals surface area contributed by atoms with Gasteiger partial charge in [0.15, 0.2) is 0 Å². The van der Waals surface area contributed by atoms with Crippen molar-refractivity contribution in [1.29, 1.82) is 0 Å². The Morgan fingerprint density at radius 1 is 0.950 bits per heavy atom. The summed E-state index contributed by atoms with van der Waals surface area (Å²) in [6.45, 7) is 0. The summed E-state index contributed by atoms with van der Waals surface area (Å²) in [7, 11) is 0. The van der Waals surface area contributed by atoms with Gasteiger partial charge in [0.1, 0.15) is 6.17 Å². The Kier molecular flexibility index (Phi) is 2.52. The first-order valence-corrected chi connectivity index (χ1v) is 7.09. The number of amides is 1. The molecule has 0 radical (unpaired) electrons. The Labute approximate surface area is 118 Å². The van der Waals surface area contributed by atoms with Gasteiger partial charge in [-0.3, -0.25) is 4.79 Å². The van der Waals surface area contributed by atoms with Gasteiger partial charge in [-0.25, -0.2) is 0 Å². The Morgan fingerprint density at radius 2 is 1.80 bits per heavy atom. The normalized spacial score (nSPS) is 19.8. The van der Waals surface area contributed by atoms with E-state index < -0.39 is 0 Å². The number of para-hydroxylation sites is 1. The average Bonchev–Trinajstić information content (AvgIpc) is 2.94. The van der Waals surface area contributed by atoms with E-state index in [9.17, 15) is 4.79 Å². The molecule has 1 aliphatic carbocycles. The van der Waals surface area contributed by atoms with Gasteiger partial charge in [-0.2, -0.15) is 0 Å². The molecule has 1 heterocycles. The highest BCUT2D eigenvalue weighted by atomic mass is 16.2. The number of carbonyl (C=O) groups excluding carboxylic acids is 1. The second-order valence-corrected chi connectivity index (χ2v) is 5.48. The van der Waals surface area contributed by atoms with Crippen LogP contribution in [0.4, 0.5) is 5.69 Å². The van der Waals surface area contributed by atoms with Crippen LogP contribution in [0.15, 0.2) is 42.5 Å². The number of aryl methyl sites for hydroxylation is 2. The Bertz CT molecular complexity index is 693. The standard InChI is InChI=1S/C17H16N2O/c20-17-14-6-1-2-7-15(14)18-16(19-17)13-9-8-11-4-3-5-12(11)10-13/h1-2,6-10,16,18H,3-5H2,(H,19,20)/t16-/m0/s1. The molecule has 20 heavy (non-hydrogen) atoms. The van der Waals surface area contributed by atoms with E-state index >= 15 is 0 Å². The van der Waals surface area contributed by atoms with Crippen LogP contribution in [0, 0.1) is 0 Å². The molecule has 100 valence electrons. The second-order valence-electron chi connectivity index (χ2n) is 5.48. The highest BCUT2D eigenvalue weighted by Crippen LogP contribution is 2.29. The minimum atomic E-state index is -0.136. The van der Waals surface area contributed by atoms with E-state index in [4.69, 9.17) is 0 Å². The predicted molar refractivity (Wildman–Crippen MR) is 78.7 cm³/mol. The molecule has 0 saturated heterocycles. The van der Waals surface area contributed by atoms with Crippen LogP contribution in [0.3, 0.4) is 0 Å². The van der Waals surface area contributed by atoms with Crippen molar-refractivity contribution in [3.8, 4) is 0 Å². The molecule has 1 amide bonds. The number of carbonyl (C=O) groups is 1. The third kappa shape index (κ3) is 1.78. The van der Waals surface area contributed by atoms with Gasteiger partial charge in [-0.1, -0.05) is 30.3 Å². The largest absolute Gasteiger partial charge is 0.361 e. The van der Waals surface area contributed by atoms with Crippen LogP contribution in [0.5, 0.6) is 0 Å². The molecule has 0 fully saturated rings. The maximum absolute atomic E-state index is 12.2. The van der Waals surface area contributed by atoms with Gasteiger partial charge in [0.2, 0.25) is 0 Å². The maximum atomic E-state index is 12.2. The van der Waals surface area contributed by atoms with Gasteiger partial charge in [0.05, 0.1) is 5.56 Å². The number of rotatable bonds is 1. The molecule has 1 atom stereocenters. The molecule has 0 spiro atoms. The van der Waals surface area contributed by atoms with Crippen LogP contribution in [0.25, 0.3) is 0 Å². The molecule has 2 aromatic carbocycles. The number of hydrogen-bond acceptors (Lipinski definition) is 2. The molecule has 0 unspecified atom stereocenters. The SMILES string of the molecule is O=C1N[C@@H](c2ccc3c(c2)CCC3)Nc2ccccc21. The monoisotopic (exact) mass is 264 g/mol. The minimum absolute atomic E-state index is 0.00940. The van der Waals surface area contributed by atoms with Crippen LogP contribution < -0.4 is 10.6 Å². The molecule has 2 N–H and O–H groups in total. The van der Waals surface area contributed by atoms with Crippen molar-refractivity contribution < 1.29 is 4.79 Å². The summed E-state index contributed by atoms with van der Waals surface area (Å²) in [5.41, 5.74) is 5.63. The molecular weight excluding hydrogens is 248 g/mol. The molecule has 3 heteroatoms. The molecule has 2 aromatic rings. The first-order valence-electron chi connectivity index (χ1n) is 7.09. The summed E-state index contributed by atoms with van der Waals surface area (Å²) < 4.78 is 0. The zero-order valence-corrected chi connectivity index (χ0v) is 11.1. The summed E-state index contributed by atoms with van der Waals surface area (Å²) in [6, 6.07) is 14.2. The van der Waals surface area contributed by atoms with Gasteiger partial charge in [-0.05, 0) is 48.1 Å². The van der Waals surface area contributed by atoms with E-state index in [0.29, 0.717) is 5.56 Å². The third-order valence-corrected chi connectivity index (χ3v) is 4.20. The van der Waals surface area contributed by atoms with Crippen molar-refractivity contribution in [2.24, 2.45) is 0 Å². The number of benzene rings is 2. The smallest absolute Gasteiger partial charge is 0.255 e. The van der Waals surface area contributed by atoms with Gasteiger partial charge in [0, 0.05) is 5.69 Å². The van der Waals surface area contributed by atoms with Crippen molar-refractivity contribution in [2.75, 3.05) is 5.32 Å². The molecule has 0 bridgehead atoms. The molecular formula is C17H16N2O. The topological polar surface area (TPSA) is 41.1 Å². The van der Waals surface area contributed by atoms with Crippen molar-refractivity contribution >= 4 is 11.6 Å². The second kappa shape index (κ2) is 4.37. The lowest BCUT2D eigenvalue weighted by atomic mass is 10.0. The van der Waals surface area contributed by atoms with Crippen molar-refractivity contribution in [1.82, 2.24) is 5.32 Å². The fraction of sp³-hybridized carbons (Fsp3) is 0.235. The predicted octanol–water partition coefficient (Wildman–Crippen LogP) is 3.03. The highest BCUT2D eigenvalue weighted by molar-refractivity contribution is 6.01. The Morgan fingerprint density at radius 3 is 2.75 bits per heavy atom. The first-order chi connectivity index (χ1) is 9.81. The molecule has 1 aliphatic heterocycles. The van der Waals surface area contributed by atoms with E-state index in [0.717, 1.165) is 17.7 Å². The Balaban J connectivity index is 1.69. The summed E-state index contributed by atoms with van der Waals surface area (Å²) in [6.07, 6.45) is 3.44. The molecule has 0 saturated carbocycles. The lowest BCUT2D eigenvalue weighted by Crippen LogP contribution is -2.38. The van der Waals surface area contributed by atoms with E-state index in [-0.39, 0.29) is 12.1 Å². The van der Waals surface area contributed by atoms with Crippen LogP contribution in [0.1, 0.15) is 39.6 Å². The molecule has 0 aromatic heterocycles. The summed E-state index contributed by atoms with van der Waals surface area (Å²) in [4.78, 5) is 12.2. The van der Waals surface area contributed by atoms with Crippen LogP contribution in [-0.4, -0.2) is 5.91 Å². The zero-order chi connectivity index (χ0) is 13.5. The van der Waals surface area contributed by atoms with Gasteiger partial charge >= 0.3 is 0 Å². The maximum Gasteiger partial charge on any atom is 0.255 e. The Hall–Kier alpha value is -2.29. The average molecular weight is 264 g/mol. The fourth-order valence-electron chi connectivity index (χ4n) is 3.15. The zero-order valence-electron chi connectivity index (χ0n) is 11.1. The lowest BCUT2D eigenvalue weighted by Gasteiger charge is -2.28. The van der Waals surface area contributed by atoms with Crippen LogP contribution in [-0.2, 0) is 12.8 Å². The highest BCUT2D eigenvalue weighted by Gasteiger charge is 2.24. The van der Waals surface area contributed by atoms with E-state index in [2.05, 4.69) is 28.8 Å². The summed E-state index contributed by atoms with van der Waals surface area (Å²) in [5, 5.41) is 6.43. The molecule has 2 aliphatic rings. The summed E-state index contributed by atoms with van der Waals surface area (Å²) in [5.74, 6) is -0.00940.